The minimum atomic E-state index is -3.56. The maximum absolute atomic E-state index is 15.0. The molecule has 6 fully saturated rings. The zero-order valence-electron chi connectivity index (χ0n) is 33.0. The van der Waals surface area contributed by atoms with E-state index in [0.29, 0.717) is 25.8 Å². The van der Waals surface area contributed by atoms with Crippen molar-refractivity contribution in [1.82, 2.24) is 26.2 Å². The van der Waals surface area contributed by atoms with Crippen molar-refractivity contribution in [2.75, 3.05) is 12.3 Å². The van der Waals surface area contributed by atoms with Crippen molar-refractivity contribution < 1.29 is 32.4 Å². The van der Waals surface area contributed by atoms with Gasteiger partial charge in [0.25, 0.3) is 5.91 Å². The molecule has 53 heavy (non-hydrogen) atoms. The summed E-state index contributed by atoms with van der Waals surface area (Å²) >= 11 is 0. The molecule has 5 aliphatic carbocycles. The highest BCUT2D eigenvalue weighted by atomic mass is 32.2. The molecule has 5 saturated carbocycles. The molecule has 0 radical (unpaired) electrons. The van der Waals surface area contributed by atoms with Gasteiger partial charge in [0.05, 0.1) is 22.1 Å². The zero-order valence-corrected chi connectivity index (χ0v) is 33.8. The van der Waals surface area contributed by atoms with Gasteiger partial charge in [-0.15, -0.1) is 0 Å². The Hall–Kier alpha value is -2.70. The second-order valence-electron chi connectivity index (χ2n) is 19.6. The molecule has 0 aromatic heterocycles. The summed E-state index contributed by atoms with van der Waals surface area (Å²) in [7, 11) is -3.56. The van der Waals surface area contributed by atoms with Gasteiger partial charge < -0.3 is 26.2 Å². The summed E-state index contributed by atoms with van der Waals surface area (Å²) in [5, 5.41) is 12.0. The Balaban J connectivity index is 1.23. The van der Waals surface area contributed by atoms with Crippen molar-refractivity contribution in [3.05, 3.63) is 0 Å². The van der Waals surface area contributed by atoms with Crippen LogP contribution in [0.5, 0.6) is 0 Å². The molecule has 1 saturated heterocycles. The first-order valence-corrected chi connectivity index (χ1v) is 22.2. The van der Waals surface area contributed by atoms with E-state index in [2.05, 4.69) is 35.1 Å². The van der Waals surface area contributed by atoms with E-state index in [1.165, 1.54) is 0 Å². The number of amides is 5. The van der Waals surface area contributed by atoms with Crippen LogP contribution in [0.25, 0.3) is 0 Å². The van der Waals surface area contributed by atoms with E-state index in [-0.39, 0.29) is 40.9 Å². The first-order valence-electron chi connectivity index (χ1n) is 20.5. The van der Waals surface area contributed by atoms with E-state index in [0.717, 1.165) is 83.5 Å². The standard InChI is InChI=1S/C40H65N5O7S/c1-37(2,3)53(51,52)24-40(20-11-8-12-21-40)44-36(50)43-32(39(6)18-9-7-10-19-39)35(49)45-23-27-29(38(27,4)5)30(45)33(47)42-28(22-25-16-17-25)31(46)34(48)41-26-14-13-15-26/h25-30,32H,7-24H2,1-6H3,(H,41,48)(H,42,47)(H2,43,44,50)/t27-,28?,29-,30-,32+/m0/s1. The summed E-state index contributed by atoms with van der Waals surface area (Å²) in [6.45, 7) is 11.6. The van der Waals surface area contributed by atoms with Crippen LogP contribution in [0.3, 0.4) is 0 Å². The summed E-state index contributed by atoms with van der Waals surface area (Å²) in [6.07, 6.45) is 13.0. The summed E-state index contributed by atoms with van der Waals surface area (Å²) in [4.78, 5) is 71.5. The monoisotopic (exact) mass is 759 g/mol. The second kappa shape index (κ2) is 14.8. The summed E-state index contributed by atoms with van der Waals surface area (Å²) < 4.78 is 26.0. The van der Waals surface area contributed by atoms with Crippen LogP contribution in [0.2, 0.25) is 0 Å². The molecule has 0 aromatic rings. The van der Waals surface area contributed by atoms with Gasteiger partial charge in [-0.1, -0.05) is 72.1 Å². The Morgan fingerprint density at radius 3 is 1.96 bits per heavy atom. The van der Waals surface area contributed by atoms with E-state index >= 15 is 0 Å². The molecule has 6 aliphatic rings. The number of hydrogen-bond acceptors (Lipinski definition) is 7. The Morgan fingerprint density at radius 1 is 0.811 bits per heavy atom. The number of nitrogens with zero attached hydrogens (tertiary/aromatic N) is 1. The molecule has 0 aromatic carbocycles. The highest BCUT2D eigenvalue weighted by Gasteiger charge is 2.70. The third kappa shape index (κ3) is 8.44. The van der Waals surface area contributed by atoms with Gasteiger partial charge in [-0.3, -0.25) is 19.2 Å². The van der Waals surface area contributed by atoms with Crippen LogP contribution in [0.1, 0.15) is 144 Å². The largest absolute Gasteiger partial charge is 0.347 e. The van der Waals surface area contributed by atoms with Gasteiger partial charge >= 0.3 is 6.03 Å². The van der Waals surface area contributed by atoms with Crippen molar-refractivity contribution in [3.8, 4) is 0 Å². The average molecular weight is 760 g/mol. The molecule has 5 atom stereocenters. The van der Waals surface area contributed by atoms with Crippen molar-refractivity contribution in [1.29, 1.82) is 0 Å². The third-order valence-corrected chi connectivity index (χ3v) is 16.9. The fourth-order valence-electron chi connectivity index (χ4n) is 9.83. The molecule has 0 spiro atoms. The Morgan fingerprint density at radius 2 is 1.42 bits per heavy atom. The van der Waals surface area contributed by atoms with E-state index < -0.39 is 67.3 Å². The maximum Gasteiger partial charge on any atom is 0.315 e. The number of urea groups is 1. The molecule has 4 N–H and O–H groups in total. The lowest BCUT2D eigenvalue weighted by atomic mass is 9.70. The number of nitrogens with one attached hydrogen (secondary N) is 4. The first kappa shape index (κ1) is 40.0. The minimum absolute atomic E-state index is 0.00152. The number of likely N-dealkylation sites (tertiary alicyclic amines) is 1. The van der Waals surface area contributed by atoms with Crippen LogP contribution in [-0.4, -0.2) is 89.6 Å². The molecule has 12 nitrogen and oxygen atoms in total. The topological polar surface area (TPSA) is 171 Å². The number of piperidine rings is 1. The maximum atomic E-state index is 15.0. The number of sulfone groups is 1. The predicted molar refractivity (Wildman–Crippen MR) is 202 cm³/mol. The van der Waals surface area contributed by atoms with Crippen molar-refractivity contribution in [3.63, 3.8) is 0 Å². The fraction of sp³-hybridized carbons (Fsp3) is 0.875. The highest BCUT2D eigenvalue weighted by Crippen LogP contribution is 2.65. The predicted octanol–water partition coefficient (Wildman–Crippen LogP) is 4.55. The lowest BCUT2D eigenvalue weighted by Gasteiger charge is -2.44. The van der Waals surface area contributed by atoms with Crippen LogP contribution >= 0.6 is 0 Å². The normalized spacial score (nSPS) is 28.7. The molecular formula is C40H65N5O7S. The van der Waals surface area contributed by atoms with Gasteiger partial charge in [-0.05, 0) is 101 Å². The Kier molecular flexibility index (Phi) is 11.1. The van der Waals surface area contributed by atoms with E-state index in [1.54, 1.807) is 25.7 Å². The van der Waals surface area contributed by atoms with Gasteiger partial charge in [-0.25, -0.2) is 13.2 Å². The van der Waals surface area contributed by atoms with Gasteiger partial charge in [0.15, 0.2) is 9.84 Å². The number of carbonyl (C=O) groups excluding carboxylic acids is 5. The molecule has 298 valence electrons. The molecule has 1 unspecified atom stereocenters. The average Bonchev–Trinajstić information content (AvgIpc) is 3.91. The van der Waals surface area contributed by atoms with Gasteiger partial charge in [0, 0.05) is 12.6 Å². The highest BCUT2D eigenvalue weighted by molar-refractivity contribution is 7.92. The number of rotatable bonds is 13. The van der Waals surface area contributed by atoms with Gasteiger partial charge in [-0.2, -0.15) is 0 Å². The summed E-state index contributed by atoms with van der Waals surface area (Å²) in [5.41, 5.74) is -1.69. The smallest absolute Gasteiger partial charge is 0.315 e. The molecule has 13 heteroatoms. The molecule has 6 rings (SSSR count). The quantitative estimate of drug-likeness (QED) is 0.200. The van der Waals surface area contributed by atoms with Gasteiger partial charge in [0.1, 0.15) is 12.1 Å². The van der Waals surface area contributed by atoms with Crippen LogP contribution in [0, 0.1) is 28.6 Å². The number of fused-ring (bicyclic) bond motifs is 1. The Bertz CT molecular complexity index is 1550. The van der Waals surface area contributed by atoms with Gasteiger partial charge in [0.2, 0.25) is 17.6 Å². The lowest BCUT2D eigenvalue weighted by molar-refractivity contribution is -0.146. The van der Waals surface area contributed by atoms with Crippen molar-refractivity contribution >= 4 is 39.4 Å². The number of ketones is 1. The number of Topliss-reactive ketones (excluding diaryl/α,β-unsaturated/α-hetero) is 1. The van der Waals surface area contributed by atoms with Crippen LogP contribution in [0.4, 0.5) is 4.79 Å². The fourth-order valence-corrected chi connectivity index (χ4v) is 11.3. The number of hydrogen-bond donors (Lipinski definition) is 4. The van der Waals surface area contributed by atoms with Crippen LogP contribution < -0.4 is 21.3 Å². The molecule has 1 aliphatic heterocycles. The molecule has 0 bridgehead atoms. The summed E-state index contributed by atoms with van der Waals surface area (Å²) in [6, 6.07) is -3.29. The van der Waals surface area contributed by atoms with Crippen LogP contribution in [-0.2, 0) is 29.0 Å². The second-order valence-corrected chi connectivity index (χ2v) is 22.3. The lowest BCUT2D eigenvalue weighted by Crippen LogP contribution is -2.65. The molecular weight excluding hydrogens is 695 g/mol. The minimum Gasteiger partial charge on any atom is -0.347 e. The van der Waals surface area contributed by atoms with Crippen molar-refractivity contribution in [2.24, 2.45) is 28.6 Å². The molecule has 1 heterocycles. The van der Waals surface area contributed by atoms with E-state index in [1.807, 2.05) is 6.92 Å². The van der Waals surface area contributed by atoms with Crippen molar-refractivity contribution in [2.45, 2.75) is 179 Å². The van der Waals surface area contributed by atoms with E-state index in [4.69, 9.17) is 0 Å². The molecule has 5 amide bonds. The SMILES string of the molecule is CC1([C@H](NC(=O)NC2(CS(=O)(=O)C(C)(C)C)CCCCC2)C(=O)N2C[C@H]3[C@@H]([C@H]2C(=O)NC(CC2CC2)C(=O)C(=O)NC2CCC2)C3(C)C)CCCCC1. The summed E-state index contributed by atoms with van der Waals surface area (Å²) in [5.74, 6) is -1.95. The van der Waals surface area contributed by atoms with Crippen LogP contribution in [0.15, 0.2) is 0 Å². The number of carbonyl (C=O) groups is 5. The third-order valence-electron chi connectivity index (χ3n) is 14.1. The zero-order chi connectivity index (χ0) is 38.6. The first-order chi connectivity index (χ1) is 24.8. The van der Waals surface area contributed by atoms with E-state index in [9.17, 15) is 32.4 Å². The Labute approximate surface area is 316 Å².